The number of halogens is 2. The van der Waals surface area contributed by atoms with Crippen LogP contribution in [0, 0.1) is 0 Å². The summed E-state index contributed by atoms with van der Waals surface area (Å²) in [5.41, 5.74) is 1.67. The third-order valence-corrected chi connectivity index (χ3v) is 6.01. The smallest absolute Gasteiger partial charge is 0.242 e. The Morgan fingerprint density at radius 2 is 1.80 bits per heavy atom. The van der Waals surface area contributed by atoms with Crippen LogP contribution in [0.3, 0.4) is 0 Å². The maximum Gasteiger partial charge on any atom is 0.242 e. The lowest BCUT2D eigenvalue weighted by Crippen LogP contribution is -2.52. The van der Waals surface area contributed by atoms with E-state index in [1.165, 1.54) is 11.8 Å². The van der Waals surface area contributed by atoms with Gasteiger partial charge in [-0.05, 0) is 63.1 Å². The van der Waals surface area contributed by atoms with Gasteiger partial charge in [-0.25, -0.2) is 0 Å². The summed E-state index contributed by atoms with van der Waals surface area (Å²) in [6.07, 6.45) is 0. The third-order valence-electron chi connectivity index (χ3n) is 4.29. The Balaban J connectivity index is 2.10. The van der Waals surface area contributed by atoms with Crippen molar-refractivity contribution in [3.63, 3.8) is 0 Å². The molecule has 0 saturated carbocycles. The van der Waals surface area contributed by atoms with E-state index in [0.717, 1.165) is 15.6 Å². The Hall–Kier alpha value is -1.50. The fourth-order valence-corrected chi connectivity index (χ4v) is 4.37. The second kappa shape index (κ2) is 11.2. The van der Waals surface area contributed by atoms with E-state index >= 15 is 0 Å². The molecule has 0 aliphatic rings. The molecule has 1 N–H and O–H groups in total. The number of hydrogen-bond donors (Lipinski definition) is 1. The molecule has 1 atom stereocenters. The van der Waals surface area contributed by atoms with Crippen LogP contribution in [0.2, 0.25) is 5.02 Å². The van der Waals surface area contributed by atoms with E-state index in [-0.39, 0.29) is 23.1 Å². The minimum atomic E-state index is -0.581. The van der Waals surface area contributed by atoms with E-state index in [1.807, 2.05) is 69.3 Å². The number of benzene rings is 2. The second-order valence-corrected chi connectivity index (χ2v) is 10.5. The minimum absolute atomic E-state index is 0.0708. The van der Waals surface area contributed by atoms with Gasteiger partial charge in [-0.1, -0.05) is 51.8 Å². The largest absolute Gasteiger partial charge is 0.350 e. The molecule has 0 heterocycles. The van der Waals surface area contributed by atoms with E-state index in [2.05, 4.69) is 21.2 Å². The molecule has 0 unspecified atom stereocenters. The summed E-state index contributed by atoms with van der Waals surface area (Å²) in [4.78, 5) is 27.5. The maximum atomic E-state index is 13.1. The van der Waals surface area contributed by atoms with Gasteiger partial charge in [-0.2, -0.15) is 0 Å². The highest BCUT2D eigenvalue weighted by Gasteiger charge is 2.28. The zero-order valence-corrected chi connectivity index (χ0v) is 20.9. The lowest BCUT2D eigenvalue weighted by molar-refractivity contribution is -0.139. The Morgan fingerprint density at radius 1 is 1.13 bits per heavy atom. The van der Waals surface area contributed by atoms with E-state index in [1.54, 1.807) is 11.8 Å². The van der Waals surface area contributed by atoms with Crippen molar-refractivity contribution in [1.29, 1.82) is 0 Å². The average Bonchev–Trinajstić information content (AvgIpc) is 2.64. The van der Waals surface area contributed by atoms with E-state index in [9.17, 15) is 9.59 Å². The van der Waals surface area contributed by atoms with Gasteiger partial charge in [0.1, 0.15) is 6.04 Å². The van der Waals surface area contributed by atoms with Gasteiger partial charge in [0, 0.05) is 27.3 Å². The van der Waals surface area contributed by atoms with Crippen molar-refractivity contribution in [2.75, 3.05) is 5.75 Å². The summed E-state index contributed by atoms with van der Waals surface area (Å²) in [6.45, 7) is 7.93. The highest BCUT2D eigenvalue weighted by Crippen LogP contribution is 2.20. The lowest BCUT2D eigenvalue weighted by Gasteiger charge is -2.31. The van der Waals surface area contributed by atoms with Crippen molar-refractivity contribution in [2.24, 2.45) is 0 Å². The SMILES string of the molecule is C[C@@H](C(=O)NC(C)(C)C)N(Cc1cccc(Br)c1)C(=O)CSCc1cccc(Cl)c1. The molecule has 2 amide bonds. The summed E-state index contributed by atoms with van der Waals surface area (Å²) in [6, 6.07) is 14.8. The monoisotopic (exact) mass is 510 g/mol. The van der Waals surface area contributed by atoms with E-state index < -0.39 is 6.04 Å². The quantitative estimate of drug-likeness (QED) is 0.497. The summed E-state index contributed by atoms with van der Waals surface area (Å²) < 4.78 is 0.939. The van der Waals surface area contributed by atoms with Gasteiger partial charge in [0.2, 0.25) is 11.8 Å². The highest BCUT2D eigenvalue weighted by molar-refractivity contribution is 9.10. The number of nitrogens with zero attached hydrogens (tertiary/aromatic N) is 1. The summed E-state index contributed by atoms with van der Waals surface area (Å²) in [5, 5.41) is 3.66. The molecule has 7 heteroatoms. The first-order valence-electron chi connectivity index (χ1n) is 9.73. The summed E-state index contributed by atoms with van der Waals surface area (Å²) in [7, 11) is 0. The first-order chi connectivity index (χ1) is 14.0. The van der Waals surface area contributed by atoms with Crippen LogP contribution in [0.4, 0.5) is 0 Å². The molecular formula is C23H28BrClN2O2S. The molecule has 2 rings (SSSR count). The average molecular weight is 512 g/mol. The molecule has 0 radical (unpaired) electrons. The normalized spacial score (nSPS) is 12.3. The van der Waals surface area contributed by atoms with Crippen LogP contribution < -0.4 is 5.32 Å². The summed E-state index contributed by atoms with van der Waals surface area (Å²) >= 11 is 11.0. The highest BCUT2D eigenvalue weighted by atomic mass is 79.9. The zero-order chi connectivity index (χ0) is 22.3. The van der Waals surface area contributed by atoms with Gasteiger partial charge in [0.05, 0.1) is 5.75 Å². The van der Waals surface area contributed by atoms with Crippen LogP contribution in [-0.4, -0.2) is 34.0 Å². The molecule has 30 heavy (non-hydrogen) atoms. The number of carbonyl (C=O) groups excluding carboxylic acids is 2. The lowest BCUT2D eigenvalue weighted by atomic mass is 10.1. The van der Waals surface area contributed by atoms with Crippen molar-refractivity contribution in [1.82, 2.24) is 10.2 Å². The van der Waals surface area contributed by atoms with Gasteiger partial charge >= 0.3 is 0 Å². The number of carbonyl (C=O) groups is 2. The molecule has 162 valence electrons. The van der Waals surface area contributed by atoms with Crippen LogP contribution >= 0.6 is 39.3 Å². The number of thioether (sulfide) groups is 1. The van der Waals surface area contributed by atoms with Gasteiger partial charge in [-0.15, -0.1) is 11.8 Å². The fourth-order valence-electron chi connectivity index (χ4n) is 2.85. The standard InChI is InChI=1S/C23H28BrClN2O2S/c1-16(22(29)26-23(2,3)4)27(13-17-7-5-9-19(24)11-17)21(28)15-30-14-18-8-6-10-20(25)12-18/h5-12,16H,13-15H2,1-4H3,(H,26,29)/t16-/m0/s1. The van der Waals surface area contributed by atoms with Crippen LogP contribution in [0.1, 0.15) is 38.8 Å². The molecule has 0 bridgehead atoms. The maximum absolute atomic E-state index is 13.1. The molecule has 0 saturated heterocycles. The summed E-state index contributed by atoms with van der Waals surface area (Å²) in [5.74, 6) is 0.733. The number of nitrogens with one attached hydrogen (secondary N) is 1. The molecule has 4 nitrogen and oxygen atoms in total. The fraction of sp³-hybridized carbons (Fsp3) is 0.391. The van der Waals surface area contributed by atoms with E-state index in [0.29, 0.717) is 17.3 Å². The number of amides is 2. The molecule has 0 aromatic heterocycles. The van der Waals surface area contributed by atoms with Gasteiger partial charge in [0.25, 0.3) is 0 Å². The molecule has 0 fully saturated rings. The minimum Gasteiger partial charge on any atom is -0.350 e. The number of rotatable bonds is 8. The van der Waals surface area contributed by atoms with Crippen LogP contribution in [0.25, 0.3) is 0 Å². The van der Waals surface area contributed by atoms with Crippen molar-refractivity contribution in [3.8, 4) is 0 Å². The molecular weight excluding hydrogens is 484 g/mol. The van der Waals surface area contributed by atoms with Gasteiger partial charge in [-0.3, -0.25) is 9.59 Å². The Bertz CT molecular complexity index is 886. The van der Waals surface area contributed by atoms with Crippen molar-refractivity contribution in [3.05, 3.63) is 69.2 Å². The van der Waals surface area contributed by atoms with Crippen molar-refractivity contribution < 1.29 is 9.59 Å². The molecule has 0 spiro atoms. The predicted octanol–water partition coefficient (Wildman–Crippen LogP) is 5.67. The molecule has 0 aliphatic heterocycles. The molecule has 2 aromatic rings. The second-order valence-electron chi connectivity index (χ2n) is 8.19. The van der Waals surface area contributed by atoms with Gasteiger partial charge in [0.15, 0.2) is 0 Å². The van der Waals surface area contributed by atoms with Crippen LogP contribution in [0.15, 0.2) is 53.0 Å². The Morgan fingerprint density at radius 3 is 2.43 bits per heavy atom. The first kappa shape index (κ1) is 24.8. The number of hydrogen-bond acceptors (Lipinski definition) is 3. The zero-order valence-electron chi connectivity index (χ0n) is 17.7. The Labute approximate surface area is 196 Å². The van der Waals surface area contributed by atoms with Crippen LogP contribution in [0.5, 0.6) is 0 Å². The Kier molecular flexibility index (Phi) is 9.26. The first-order valence-corrected chi connectivity index (χ1v) is 12.1. The van der Waals surface area contributed by atoms with Gasteiger partial charge < -0.3 is 10.2 Å². The molecule has 2 aromatic carbocycles. The third kappa shape index (κ3) is 8.32. The van der Waals surface area contributed by atoms with Crippen molar-refractivity contribution >= 4 is 51.1 Å². The van der Waals surface area contributed by atoms with Crippen LogP contribution in [-0.2, 0) is 21.9 Å². The predicted molar refractivity (Wildman–Crippen MR) is 130 cm³/mol. The molecule has 0 aliphatic carbocycles. The topological polar surface area (TPSA) is 49.4 Å². The van der Waals surface area contributed by atoms with Crippen molar-refractivity contribution in [2.45, 2.75) is 51.6 Å². The van der Waals surface area contributed by atoms with E-state index in [4.69, 9.17) is 11.6 Å².